The van der Waals surface area contributed by atoms with E-state index in [2.05, 4.69) is 5.32 Å². The van der Waals surface area contributed by atoms with Gasteiger partial charge in [-0.1, -0.05) is 11.6 Å². The van der Waals surface area contributed by atoms with Crippen LogP contribution in [0.25, 0.3) is 0 Å². The van der Waals surface area contributed by atoms with Crippen molar-refractivity contribution in [1.29, 1.82) is 0 Å². The molecule has 0 saturated heterocycles. The van der Waals surface area contributed by atoms with Gasteiger partial charge in [-0.2, -0.15) is 0 Å². The van der Waals surface area contributed by atoms with E-state index in [-0.39, 0.29) is 5.69 Å². The van der Waals surface area contributed by atoms with Crippen LogP contribution in [0.3, 0.4) is 0 Å². The maximum atomic E-state index is 10.6. The van der Waals surface area contributed by atoms with Crippen LogP contribution < -0.4 is 5.32 Å². The van der Waals surface area contributed by atoms with E-state index in [1.807, 2.05) is 6.92 Å². The number of rotatable bonds is 6. The summed E-state index contributed by atoms with van der Waals surface area (Å²) >= 11 is 5.98. The number of aryl methyl sites for hydroxylation is 1. The Morgan fingerprint density at radius 2 is 2.24 bits per heavy atom. The van der Waals surface area contributed by atoms with Crippen molar-refractivity contribution in [3.63, 3.8) is 0 Å². The lowest BCUT2D eigenvalue weighted by Gasteiger charge is -2.11. The Morgan fingerprint density at radius 3 is 2.76 bits per heavy atom. The fourth-order valence-corrected chi connectivity index (χ4v) is 1.78. The van der Waals surface area contributed by atoms with Crippen LogP contribution in [0, 0.1) is 17.0 Å². The van der Waals surface area contributed by atoms with E-state index in [1.165, 1.54) is 12.1 Å². The molecule has 6 heteroatoms. The summed E-state index contributed by atoms with van der Waals surface area (Å²) in [7, 11) is 0. The molecule has 0 bridgehead atoms. The minimum absolute atomic E-state index is 0.00265. The SMILES string of the molecule is CCOCCNc1c(C)cc([N+](=O)[O-])cc1Cl. The first-order chi connectivity index (χ1) is 8.06. The summed E-state index contributed by atoms with van der Waals surface area (Å²) < 4.78 is 5.18. The third kappa shape index (κ3) is 3.87. The van der Waals surface area contributed by atoms with Crippen molar-refractivity contribution in [1.82, 2.24) is 0 Å². The number of nitro benzene ring substituents is 1. The zero-order valence-corrected chi connectivity index (χ0v) is 10.6. The molecule has 0 amide bonds. The predicted octanol–water partition coefficient (Wildman–Crippen LogP) is 3.01. The molecule has 0 saturated carbocycles. The van der Waals surface area contributed by atoms with Gasteiger partial charge in [-0.3, -0.25) is 10.1 Å². The quantitative estimate of drug-likeness (QED) is 0.484. The molecule has 1 aromatic rings. The summed E-state index contributed by atoms with van der Waals surface area (Å²) in [4.78, 5) is 10.2. The van der Waals surface area contributed by atoms with Crippen molar-refractivity contribution < 1.29 is 9.66 Å². The molecule has 0 aliphatic heterocycles. The van der Waals surface area contributed by atoms with Crippen molar-refractivity contribution in [2.75, 3.05) is 25.1 Å². The van der Waals surface area contributed by atoms with E-state index >= 15 is 0 Å². The van der Waals surface area contributed by atoms with Crippen LogP contribution in [-0.4, -0.2) is 24.7 Å². The highest BCUT2D eigenvalue weighted by atomic mass is 35.5. The van der Waals surface area contributed by atoms with Crippen LogP contribution in [0.5, 0.6) is 0 Å². The minimum Gasteiger partial charge on any atom is -0.381 e. The van der Waals surface area contributed by atoms with Crippen molar-refractivity contribution in [2.24, 2.45) is 0 Å². The van der Waals surface area contributed by atoms with E-state index in [1.54, 1.807) is 6.92 Å². The van der Waals surface area contributed by atoms with Crippen molar-refractivity contribution >= 4 is 23.0 Å². The number of halogens is 1. The number of ether oxygens (including phenoxy) is 1. The van der Waals surface area contributed by atoms with Gasteiger partial charge in [0.05, 0.1) is 22.2 Å². The van der Waals surface area contributed by atoms with E-state index in [0.717, 1.165) is 11.3 Å². The highest BCUT2D eigenvalue weighted by molar-refractivity contribution is 6.33. The molecule has 0 spiro atoms. The molecule has 1 aromatic carbocycles. The molecular formula is C11H15ClN2O3. The molecule has 0 aliphatic carbocycles. The van der Waals surface area contributed by atoms with Gasteiger partial charge in [0.1, 0.15) is 0 Å². The van der Waals surface area contributed by atoms with E-state index in [0.29, 0.717) is 24.8 Å². The number of nitro groups is 1. The van der Waals surface area contributed by atoms with Gasteiger partial charge in [0.15, 0.2) is 0 Å². The van der Waals surface area contributed by atoms with E-state index in [9.17, 15) is 10.1 Å². The molecule has 1 N–H and O–H groups in total. The second-order valence-electron chi connectivity index (χ2n) is 3.50. The fourth-order valence-electron chi connectivity index (χ4n) is 1.45. The van der Waals surface area contributed by atoms with Gasteiger partial charge in [-0.05, 0) is 19.4 Å². The Morgan fingerprint density at radius 1 is 1.53 bits per heavy atom. The fraction of sp³-hybridized carbons (Fsp3) is 0.455. The van der Waals surface area contributed by atoms with Gasteiger partial charge in [-0.15, -0.1) is 0 Å². The monoisotopic (exact) mass is 258 g/mol. The van der Waals surface area contributed by atoms with Crippen molar-refractivity contribution in [3.8, 4) is 0 Å². The van der Waals surface area contributed by atoms with Gasteiger partial charge >= 0.3 is 0 Å². The Balaban J connectivity index is 2.76. The number of anilines is 1. The predicted molar refractivity (Wildman–Crippen MR) is 67.8 cm³/mol. The Hall–Kier alpha value is -1.33. The summed E-state index contributed by atoms with van der Waals surface area (Å²) in [5, 5.41) is 14.1. The molecule has 5 nitrogen and oxygen atoms in total. The van der Waals surface area contributed by atoms with Gasteiger partial charge in [0.2, 0.25) is 0 Å². The summed E-state index contributed by atoms with van der Waals surface area (Å²) in [6, 6.07) is 2.84. The van der Waals surface area contributed by atoms with Crippen LogP contribution in [0.4, 0.5) is 11.4 Å². The Labute approximate surface area is 105 Å². The summed E-state index contributed by atoms with van der Waals surface area (Å²) in [5.41, 5.74) is 1.47. The van der Waals surface area contributed by atoms with Crippen molar-refractivity contribution in [3.05, 3.63) is 32.8 Å². The zero-order valence-electron chi connectivity index (χ0n) is 9.83. The lowest BCUT2D eigenvalue weighted by Crippen LogP contribution is -2.10. The van der Waals surface area contributed by atoms with Gasteiger partial charge in [0, 0.05) is 25.3 Å². The molecule has 0 radical (unpaired) electrons. The van der Waals surface area contributed by atoms with Crippen LogP contribution in [0.15, 0.2) is 12.1 Å². The maximum Gasteiger partial charge on any atom is 0.271 e. The molecule has 17 heavy (non-hydrogen) atoms. The molecular weight excluding hydrogens is 244 g/mol. The lowest BCUT2D eigenvalue weighted by molar-refractivity contribution is -0.384. The van der Waals surface area contributed by atoms with Gasteiger partial charge < -0.3 is 10.1 Å². The molecule has 0 aromatic heterocycles. The molecule has 0 heterocycles. The highest BCUT2D eigenvalue weighted by Crippen LogP contribution is 2.30. The topological polar surface area (TPSA) is 64.4 Å². The maximum absolute atomic E-state index is 10.6. The minimum atomic E-state index is -0.456. The second kappa shape index (κ2) is 6.42. The summed E-state index contributed by atoms with van der Waals surface area (Å²) in [6.07, 6.45) is 0. The van der Waals surface area contributed by atoms with E-state index < -0.39 is 4.92 Å². The molecule has 0 unspecified atom stereocenters. The number of non-ortho nitro benzene ring substituents is 1. The third-order valence-corrected chi connectivity index (χ3v) is 2.53. The standard InChI is InChI=1S/C11H15ClN2O3/c1-3-17-5-4-13-11-8(2)6-9(14(15)16)7-10(11)12/h6-7,13H,3-5H2,1-2H3. The molecule has 0 fully saturated rings. The van der Waals surface area contributed by atoms with Crippen LogP contribution in [0.2, 0.25) is 5.02 Å². The summed E-state index contributed by atoms with van der Waals surface area (Å²) in [6.45, 7) is 5.55. The van der Waals surface area contributed by atoms with Crippen LogP contribution in [0.1, 0.15) is 12.5 Å². The number of hydrogen-bond donors (Lipinski definition) is 1. The molecule has 0 atom stereocenters. The molecule has 1 rings (SSSR count). The average molecular weight is 259 g/mol. The normalized spacial score (nSPS) is 10.3. The van der Waals surface area contributed by atoms with Crippen molar-refractivity contribution in [2.45, 2.75) is 13.8 Å². The molecule has 0 aliphatic rings. The summed E-state index contributed by atoms with van der Waals surface area (Å²) in [5.74, 6) is 0. The number of benzene rings is 1. The Bertz CT molecular complexity index is 387. The first kappa shape index (κ1) is 13.7. The smallest absolute Gasteiger partial charge is 0.271 e. The number of nitrogens with zero attached hydrogens (tertiary/aromatic N) is 1. The average Bonchev–Trinajstić information content (AvgIpc) is 2.26. The van der Waals surface area contributed by atoms with Crippen LogP contribution in [-0.2, 0) is 4.74 Å². The molecule has 94 valence electrons. The number of nitrogens with one attached hydrogen (secondary N) is 1. The number of hydrogen-bond acceptors (Lipinski definition) is 4. The van der Waals surface area contributed by atoms with E-state index in [4.69, 9.17) is 16.3 Å². The van der Waals surface area contributed by atoms with Gasteiger partial charge in [0.25, 0.3) is 5.69 Å². The second-order valence-corrected chi connectivity index (χ2v) is 3.91. The lowest BCUT2D eigenvalue weighted by atomic mass is 10.2. The highest BCUT2D eigenvalue weighted by Gasteiger charge is 2.12. The Kier molecular flexibility index (Phi) is 5.18. The third-order valence-electron chi connectivity index (χ3n) is 2.24. The largest absolute Gasteiger partial charge is 0.381 e. The van der Waals surface area contributed by atoms with Gasteiger partial charge in [-0.25, -0.2) is 0 Å². The zero-order chi connectivity index (χ0) is 12.8. The first-order valence-corrected chi connectivity index (χ1v) is 5.70. The van der Waals surface area contributed by atoms with Crippen LogP contribution >= 0.6 is 11.6 Å². The first-order valence-electron chi connectivity index (χ1n) is 5.32.